The molecule has 0 bridgehead atoms. The van der Waals surface area contributed by atoms with Crippen molar-refractivity contribution in [3.05, 3.63) is 64.7 Å². The summed E-state index contributed by atoms with van der Waals surface area (Å²) in [7, 11) is -3.26. The number of hydrogen-bond acceptors (Lipinski definition) is 3. The molecule has 1 N–H and O–H groups in total. The number of rotatable bonds is 4. The van der Waals surface area contributed by atoms with Gasteiger partial charge in [-0.15, -0.1) is 0 Å². The predicted molar refractivity (Wildman–Crippen MR) is 86.9 cm³/mol. The van der Waals surface area contributed by atoms with E-state index in [1.165, 1.54) is 24.3 Å². The van der Waals surface area contributed by atoms with Crippen LogP contribution in [0, 0.1) is 0 Å². The van der Waals surface area contributed by atoms with E-state index in [2.05, 4.69) is 5.32 Å². The summed E-state index contributed by atoms with van der Waals surface area (Å²) in [5, 5.41) is 3.46. The molecule has 116 valence electrons. The maximum atomic E-state index is 12.2. The van der Waals surface area contributed by atoms with Crippen LogP contribution in [0.15, 0.2) is 53.4 Å². The minimum Gasteiger partial charge on any atom is -0.346 e. The van der Waals surface area contributed by atoms with Gasteiger partial charge in [0.25, 0.3) is 5.91 Å². The zero-order valence-corrected chi connectivity index (χ0v) is 13.8. The second kappa shape index (κ2) is 6.50. The fourth-order valence-corrected chi connectivity index (χ4v) is 2.82. The molecule has 1 unspecified atom stereocenters. The third kappa shape index (κ3) is 4.08. The molecule has 0 aromatic heterocycles. The Morgan fingerprint density at radius 1 is 1.14 bits per heavy atom. The lowest BCUT2D eigenvalue weighted by Crippen LogP contribution is -2.26. The van der Waals surface area contributed by atoms with Crippen LogP contribution >= 0.6 is 11.6 Å². The molecule has 0 heterocycles. The van der Waals surface area contributed by atoms with Crippen molar-refractivity contribution in [3.8, 4) is 0 Å². The maximum absolute atomic E-state index is 12.2. The molecule has 0 saturated carbocycles. The summed E-state index contributed by atoms with van der Waals surface area (Å²) in [6, 6.07) is 12.9. The SMILES string of the molecule is CC(NC(=O)c1ccc(S(C)(=O)=O)cc1)c1cccc(Cl)c1. The number of benzene rings is 2. The Balaban J connectivity index is 2.12. The van der Waals surface area contributed by atoms with Gasteiger partial charge in [0, 0.05) is 16.8 Å². The number of carbonyl (C=O) groups excluding carboxylic acids is 1. The molecule has 1 amide bonds. The Hall–Kier alpha value is -1.85. The third-order valence-corrected chi connectivity index (χ3v) is 4.60. The molecule has 0 aliphatic heterocycles. The average Bonchev–Trinajstić information content (AvgIpc) is 2.46. The highest BCUT2D eigenvalue weighted by atomic mass is 35.5. The van der Waals surface area contributed by atoms with Crippen LogP contribution in [0.4, 0.5) is 0 Å². The summed E-state index contributed by atoms with van der Waals surface area (Å²) in [5.74, 6) is -0.271. The normalized spacial score (nSPS) is 12.7. The second-order valence-electron chi connectivity index (χ2n) is 5.05. The van der Waals surface area contributed by atoms with Gasteiger partial charge in [0.2, 0.25) is 0 Å². The van der Waals surface area contributed by atoms with Gasteiger partial charge in [-0.25, -0.2) is 8.42 Å². The molecule has 2 rings (SSSR count). The highest BCUT2D eigenvalue weighted by Crippen LogP contribution is 2.18. The number of hydrogen-bond donors (Lipinski definition) is 1. The van der Waals surface area contributed by atoms with Crippen LogP contribution in [0.1, 0.15) is 28.9 Å². The van der Waals surface area contributed by atoms with Gasteiger partial charge in [0.1, 0.15) is 0 Å². The van der Waals surface area contributed by atoms with Crippen LogP contribution in [0.3, 0.4) is 0 Å². The van der Waals surface area contributed by atoms with Crippen LogP contribution < -0.4 is 5.32 Å². The predicted octanol–water partition coefficient (Wildman–Crippen LogP) is 3.23. The Morgan fingerprint density at radius 2 is 1.77 bits per heavy atom. The Kier molecular flexibility index (Phi) is 4.88. The topological polar surface area (TPSA) is 63.2 Å². The zero-order valence-electron chi connectivity index (χ0n) is 12.2. The molecule has 22 heavy (non-hydrogen) atoms. The van der Waals surface area contributed by atoms with Crippen molar-refractivity contribution in [2.24, 2.45) is 0 Å². The van der Waals surface area contributed by atoms with E-state index < -0.39 is 9.84 Å². The van der Waals surface area contributed by atoms with E-state index in [1.54, 1.807) is 12.1 Å². The van der Waals surface area contributed by atoms with E-state index >= 15 is 0 Å². The molecule has 0 aliphatic carbocycles. The lowest BCUT2D eigenvalue weighted by Gasteiger charge is -2.14. The molecule has 0 aliphatic rings. The standard InChI is InChI=1S/C16H16ClNO3S/c1-11(13-4-3-5-14(17)10-13)18-16(19)12-6-8-15(9-7-12)22(2,20)21/h3-11H,1-2H3,(H,18,19). The number of nitrogens with one attached hydrogen (secondary N) is 1. The van der Waals surface area contributed by atoms with E-state index in [9.17, 15) is 13.2 Å². The van der Waals surface area contributed by atoms with Gasteiger partial charge in [0.05, 0.1) is 10.9 Å². The molecule has 4 nitrogen and oxygen atoms in total. The fraction of sp³-hybridized carbons (Fsp3) is 0.188. The van der Waals surface area contributed by atoms with Crippen LogP contribution in [0.5, 0.6) is 0 Å². The first-order chi connectivity index (χ1) is 10.3. The minimum absolute atomic E-state index is 0.187. The smallest absolute Gasteiger partial charge is 0.251 e. The molecule has 6 heteroatoms. The number of halogens is 1. The molecule has 0 saturated heterocycles. The van der Waals surface area contributed by atoms with Gasteiger partial charge in [-0.1, -0.05) is 23.7 Å². The van der Waals surface area contributed by atoms with Gasteiger partial charge in [0.15, 0.2) is 9.84 Å². The van der Waals surface area contributed by atoms with Crippen LogP contribution in [0.2, 0.25) is 5.02 Å². The van der Waals surface area contributed by atoms with Crippen LogP contribution in [-0.4, -0.2) is 20.6 Å². The van der Waals surface area contributed by atoms with E-state index in [4.69, 9.17) is 11.6 Å². The van der Waals surface area contributed by atoms with Crippen molar-refractivity contribution < 1.29 is 13.2 Å². The summed E-state index contributed by atoms with van der Waals surface area (Å²) in [5.41, 5.74) is 1.30. The Morgan fingerprint density at radius 3 is 2.32 bits per heavy atom. The Labute approximate surface area is 135 Å². The van der Waals surface area contributed by atoms with E-state index in [0.717, 1.165) is 11.8 Å². The quantitative estimate of drug-likeness (QED) is 0.931. The minimum atomic E-state index is -3.26. The molecule has 0 fully saturated rings. The average molecular weight is 338 g/mol. The monoisotopic (exact) mass is 337 g/mol. The summed E-state index contributed by atoms with van der Waals surface area (Å²) < 4.78 is 22.8. The molecule has 0 spiro atoms. The summed E-state index contributed by atoms with van der Waals surface area (Å²) in [6.07, 6.45) is 1.13. The first-order valence-corrected chi connectivity index (χ1v) is 8.91. The number of carbonyl (C=O) groups is 1. The first-order valence-electron chi connectivity index (χ1n) is 6.64. The maximum Gasteiger partial charge on any atom is 0.251 e. The zero-order chi connectivity index (χ0) is 16.3. The van der Waals surface area contributed by atoms with Crippen molar-refractivity contribution in [1.29, 1.82) is 0 Å². The molecule has 1 atom stereocenters. The number of sulfone groups is 1. The fourth-order valence-electron chi connectivity index (χ4n) is 1.99. The largest absolute Gasteiger partial charge is 0.346 e. The van der Waals surface area contributed by atoms with Crippen molar-refractivity contribution in [1.82, 2.24) is 5.32 Å². The van der Waals surface area contributed by atoms with Gasteiger partial charge in [-0.2, -0.15) is 0 Å². The van der Waals surface area contributed by atoms with Crippen molar-refractivity contribution in [3.63, 3.8) is 0 Å². The second-order valence-corrected chi connectivity index (χ2v) is 7.50. The van der Waals surface area contributed by atoms with Gasteiger partial charge < -0.3 is 5.32 Å². The summed E-state index contributed by atoms with van der Waals surface area (Å²) >= 11 is 5.93. The lowest BCUT2D eigenvalue weighted by molar-refractivity contribution is 0.0940. The number of amides is 1. The molecular weight excluding hydrogens is 322 g/mol. The van der Waals surface area contributed by atoms with Gasteiger partial charge in [-0.3, -0.25) is 4.79 Å². The molecule has 2 aromatic carbocycles. The van der Waals surface area contributed by atoms with Crippen LogP contribution in [-0.2, 0) is 9.84 Å². The van der Waals surface area contributed by atoms with Gasteiger partial charge in [-0.05, 0) is 48.9 Å². The van der Waals surface area contributed by atoms with Crippen molar-refractivity contribution in [2.75, 3.05) is 6.26 Å². The highest BCUT2D eigenvalue weighted by Gasteiger charge is 2.13. The first kappa shape index (κ1) is 16.5. The molecule has 0 radical (unpaired) electrons. The third-order valence-electron chi connectivity index (χ3n) is 3.24. The van der Waals surface area contributed by atoms with Crippen molar-refractivity contribution >= 4 is 27.3 Å². The van der Waals surface area contributed by atoms with Crippen molar-refractivity contribution in [2.45, 2.75) is 17.9 Å². The van der Waals surface area contributed by atoms with Crippen LogP contribution in [0.25, 0.3) is 0 Å². The van der Waals surface area contributed by atoms with E-state index in [-0.39, 0.29) is 16.8 Å². The van der Waals surface area contributed by atoms with Gasteiger partial charge >= 0.3 is 0 Å². The lowest BCUT2D eigenvalue weighted by atomic mass is 10.1. The molecular formula is C16H16ClNO3S. The molecule has 2 aromatic rings. The van der Waals surface area contributed by atoms with E-state index in [1.807, 2.05) is 19.1 Å². The van der Waals surface area contributed by atoms with E-state index in [0.29, 0.717) is 10.6 Å². The summed E-state index contributed by atoms with van der Waals surface area (Å²) in [4.78, 5) is 12.4. The summed E-state index contributed by atoms with van der Waals surface area (Å²) in [6.45, 7) is 1.86. The Bertz CT molecular complexity index is 785. The highest BCUT2D eigenvalue weighted by molar-refractivity contribution is 7.90.